The number of likely N-dealkylation sites (N-methyl/N-ethyl adjacent to an activating group) is 1. The number of fused-ring (bicyclic) bond motifs is 1. The second kappa shape index (κ2) is 15.0. The van der Waals surface area contributed by atoms with Gasteiger partial charge in [0.25, 0.3) is 0 Å². The van der Waals surface area contributed by atoms with Crippen LogP contribution < -0.4 is 10.1 Å². The van der Waals surface area contributed by atoms with Gasteiger partial charge < -0.3 is 19.7 Å². The minimum atomic E-state index is -0.574. The average Bonchev–Trinajstić information content (AvgIpc) is 3.07. The Bertz CT molecular complexity index is 1620. The summed E-state index contributed by atoms with van der Waals surface area (Å²) in [6.45, 7) is 7.88. The van der Waals surface area contributed by atoms with Gasteiger partial charge in [0.1, 0.15) is 18.1 Å². The largest absolute Gasteiger partial charge is 0.497 e. The molecule has 3 unspecified atom stereocenters. The molecule has 9 nitrogen and oxygen atoms in total. The van der Waals surface area contributed by atoms with Crippen molar-refractivity contribution >= 4 is 11.9 Å². The first-order chi connectivity index (χ1) is 23.4. The lowest BCUT2D eigenvalue weighted by Gasteiger charge is -2.59. The van der Waals surface area contributed by atoms with E-state index in [0.717, 1.165) is 34.4 Å². The van der Waals surface area contributed by atoms with E-state index in [4.69, 9.17) is 9.47 Å². The average molecular weight is 648 g/mol. The summed E-state index contributed by atoms with van der Waals surface area (Å²) in [7, 11) is 3.44. The number of benzene rings is 3. The summed E-state index contributed by atoms with van der Waals surface area (Å²) in [5.41, 5.74) is 4.07. The van der Waals surface area contributed by atoms with E-state index < -0.39 is 6.17 Å². The van der Waals surface area contributed by atoms with Crippen LogP contribution in [0.5, 0.6) is 5.75 Å². The van der Waals surface area contributed by atoms with Crippen molar-refractivity contribution in [3.8, 4) is 5.75 Å². The van der Waals surface area contributed by atoms with Crippen LogP contribution in [0.4, 0.5) is 4.79 Å². The quantitative estimate of drug-likeness (QED) is 0.278. The molecule has 3 aromatic carbocycles. The number of hydrogen-bond donors (Lipinski definition) is 1. The summed E-state index contributed by atoms with van der Waals surface area (Å²) in [5, 5.41) is 6.58. The van der Waals surface area contributed by atoms with Gasteiger partial charge in [0.05, 0.1) is 25.8 Å². The van der Waals surface area contributed by atoms with E-state index in [1.54, 1.807) is 24.2 Å². The second-order valence-electron chi connectivity index (χ2n) is 12.5. The number of rotatable bonds is 10. The van der Waals surface area contributed by atoms with Crippen LogP contribution >= 0.6 is 0 Å². The fourth-order valence-electron chi connectivity index (χ4n) is 6.98. The van der Waals surface area contributed by atoms with E-state index in [1.165, 1.54) is 0 Å². The zero-order valence-corrected chi connectivity index (χ0v) is 27.9. The zero-order valence-electron chi connectivity index (χ0n) is 27.9. The molecule has 0 radical (unpaired) electrons. The number of carbonyl (C=O) groups is 2. The fourth-order valence-corrected chi connectivity index (χ4v) is 6.98. The minimum Gasteiger partial charge on any atom is -0.497 e. The number of carbonyl (C=O) groups excluding carboxylic acids is 2. The molecule has 4 aliphatic heterocycles. The second-order valence-corrected chi connectivity index (χ2v) is 12.5. The van der Waals surface area contributed by atoms with Gasteiger partial charge in [-0.25, -0.2) is 14.8 Å². The molecule has 1 N–H and O–H groups in total. The van der Waals surface area contributed by atoms with Crippen molar-refractivity contribution in [1.82, 2.24) is 25.1 Å². The number of nitrogens with one attached hydrogen (secondary N) is 1. The highest BCUT2D eigenvalue weighted by molar-refractivity contribution is 5.83. The zero-order chi connectivity index (χ0) is 33.6. The fraction of sp³-hybridized carbons (Fsp3) is 0.333. The van der Waals surface area contributed by atoms with Gasteiger partial charge in [-0.3, -0.25) is 9.69 Å². The molecule has 3 aromatic rings. The Balaban J connectivity index is 1.34. The molecule has 0 aromatic heterocycles. The van der Waals surface area contributed by atoms with E-state index in [0.29, 0.717) is 19.6 Å². The van der Waals surface area contributed by atoms with Crippen molar-refractivity contribution in [2.45, 2.75) is 50.3 Å². The Morgan fingerprint density at radius 3 is 2.40 bits per heavy atom. The third kappa shape index (κ3) is 7.08. The van der Waals surface area contributed by atoms with E-state index in [2.05, 4.69) is 35.0 Å². The predicted molar refractivity (Wildman–Crippen MR) is 187 cm³/mol. The molecule has 9 heteroatoms. The Kier molecular flexibility index (Phi) is 10.4. The van der Waals surface area contributed by atoms with Crippen LogP contribution in [0, 0.1) is 0 Å². The molecule has 4 heterocycles. The summed E-state index contributed by atoms with van der Waals surface area (Å²) >= 11 is 0. The molecule has 0 saturated carbocycles. The summed E-state index contributed by atoms with van der Waals surface area (Å²) < 4.78 is 11.9. The number of hydrogen-bond acceptors (Lipinski definition) is 6. The van der Waals surface area contributed by atoms with Crippen molar-refractivity contribution < 1.29 is 19.1 Å². The first-order valence-electron chi connectivity index (χ1n) is 16.6. The smallest absolute Gasteiger partial charge is 0.334 e. The van der Waals surface area contributed by atoms with Crippen LogP contribution in [0.3, 0.4) is 0 Å². The molecule has 4 aliphatic rings. The monoisotopic (exact) mass is 647 g/mol. The molecule has 5 atom stereocenters. The Hall–Kier alpha value is -4.70. The minimum absolute atomic E-state index is 0.0254. The highest BCUT2D eigenvalue weighted by atomic mass is 16.5. The van der Waals surface area contributed by atoms with Crippen LogP contribution in [-0.4, -0.2) is 84.0 Å². The summed E-state index contributed by atoms with van der Waals surface area (Å²) in [4.78, 5) is 32.4. The number of ether oxygens (including phenoxy) is 2. The van der Waals surface area contributed by atoms with Crippen LogP contribution in [-0.2, 0) is 16.1 Å². The van der Waals surface area contributed by atoms with Crippen LogP contribution in [0.25, 0.3) is 0 Å². The lowest BCUT2D eigenvalue weighted by molar-refractivity contribution is -0.262. The van der Waals surface area contributed by atoms with Gasteiger partial charge in [-0.2, -0.15) is 0 Å². The van der Waals surface area contributed by atoms with Gasteiger partial charge in [0.15, 0.2) is 0 Å². The van der Waals surface area contributed by atoms with E-state index in [9.17, 15) is 9.59 Å². The standard InChI is InChI=1S/C39H45N5O4/c1-5-6-9-14-28(2)33(30-15-10-7-11-16-30)25-42-26-35-43(38(34-23-37(42)48-34)31-17-12-8-13-18-31)36(45)27-41(3)44(35)39(46)40-24-29-19-21-32(47-4)22-20-29/h5-22,33-35,37-38H,2,23-27H2,1,3-4H3,(H,40,46)/b6-5-,14-9-/t33?,34?,35-,37?,38-/m0/s1. The lowest BCUT2D eigenvalue weighted by atomic mass is 9.88. The van der Waals surface area contributed by atoms with Crippen molar-refractivity contribution in [2.24, 2.45) is 0 Å². The number of hydrazine groups is 1. The molecule has 3 amide bonds. The summed E-state index contributed by atoms with van der Waals surface area (Å²) in [6, 6.07) is 27.4. The first kappa shape index (κ1) is 33.2. The van der Waals surface area contributed by atoms with Gasteiger partial charge in [-0.15, -0.1) is 0 Å². The van der Waals surface area contributed by atoms with Crippen molar-refractivity contribution in [2.75, 3.05) is 33.8 Å². The molecule has 48 heavy (non-hydrogen) atoms. The third-order valence-electron chi connectivity index (χ3n) is 9.48. The highest BCUT2D eigenvalue weighted by Crippen LogP contribution is 2.43. The molecule has 0 aliphatic carbocycles. The maximum atomic E-state index is 14.1. The topological polar surface area (TPSA) is 77.6 Å². The maximum absolute atomic E-state index is 14.1. The van der Waals surface area contributed by atoms with Gasteiger partial charge in [0.2, 0.25) is 5.91 Å². The number of allylic oxidation sites excluding steroid dienone is 4. The predicted octanol–water partition coefficient (Wildman–Crippen LogP) is 5.87. The lowest BCUT2D eigenvalue weighted by Crippen LogP contribution is -2.74. The Morgan fingerprint density at radius 2 is 1.73 bits per heavy atom. The number of methoxy groups -OCH3 is 1. The van der Waals surface area contributed by atoms with Crippen LogP contribution in [0.2, 0.25) is 0 Å². The molecular weight excluding hydrogens is 602 g/mol. The highest BCUT2D eigenvalue weighted by Gasteiger charge is 2.53. The number of nitrogens with zero attached hydrogens (tertiary/aromatic N) is 4. The molecule has 4 fully saturated rings. The SMILES string of the molecule is C=C(/C=C\C=C/C)C(CN1C[C@H]2N(C(=O)CN(C)N2C(=O)NCc2ccc(OC)cc2)[C@@H](c2ccccc2)C2CC1O2)c1ccccc1. The van der Waals surface area contributed by atoms with Crippen molar-refractivity contribution in [3.63, 3.8) is 0 Å². The molecular formula is C39H45N5O4. The first-order valence-corrected chi connectivity index (χ1v) is 16.6. The van der Waals surface area contributed by atoms with Crippen molar-refractivity contribution in [1.29, 1.82) is 0 Å². The number of urea groups is 1. The maximum Gasteiger partial charge on any atom is 0.334 e. The van der Waals surface area contributed by atoms with E-state index in [1.807, 2.05) is 103 Å². The molecule has 2 bridgehead atoms. The van der Waals surface area contributed by atoms with E-state index >= 15 is 0 Å². The molecule has 250 valence electrons. The van der Waals surface area contributed by atoms with Gasteiger partial charge in [-0.1, -0.05) is 104 Å². The van der Waals surface area contributed by atoms with Crippen LogP contribution in [0.15, 0.2) is 121 Å². The van der Waals surface area contributed by atoms with Crippen molar-refractivity contribution in [3.05, 3.63) is 138 Å². The molecule has 0 spiro atoms. The third-order valence-corrected chi connectivity index (χ3v) is 9.48. The van der Waals surface area contributed by atoms with Gasteiger partial charge >= 0.3 is 6.03 Å². The van der Waals surface area contributed by atoms with E-state index in [-0.39, 0.29) is 42.8 Å². The Labute approximate surface area is 283 Å². The summed E-state index contributed by atoms with van der Waals surface area (Å²) in [6.07, 6.45) is 7.90. The summed E-state index contributed by atoms with van der Waals surface area (Å²) in [5.74, 6) is 0.691. The van der Waals surface area contributed by atoms with Crippen LogP contribution in [0.1, 0.15) is 42.0 Å². The normalized spacial score (nSPS) is 23.7. The molecule has 4 saturated heterocycles. The molecule has 7 rings (SSSR count). The van der Waals surface area contributed by atoms with Gasteiger partial charge in [0, 0.05) is 39.0 Å². The number of amides is 3. The Morgan fingerprint density at radius 1 is 1.04 bits per heavy atom. The van der Waals surface area contributed by atoms with Gasteiger partial charge in [-0.05, 0) is 41.3 Å².